The number of hydrogen-bond donors (Lipinski definition) is 1. The maximum atomic E-state index is 12.6. The highest BCUT2D eigenvalue weighted by Gasteiger charge is 2.20. The van der Waals surface area contributed by atoms with Crippen molar-refractivity contribution in [2.75, 3.05) is 11.9 Å². The Hall–Kier alpha value is -3.27. The fourth-order valence-corrected chi connectivity index (χ4v) is 3.13. The summed E-state index contributed by atoms with van der Waals surface area (Å²) < 4.78 is 5.83. The van der Waals surface area contributed by atoms with E-state index < -0.39 is 0 Å². The summed E-state index contributed by atoms with van der Waals surface area (Å²) in [5.74, 6) is 1.46. The van der Waals surface area contributed by atoms with Gasteiger partial charge in [-0.2, -0.15) is 0 Å². The van der Waals surface area contributed by atoms with E-state index in [0.29, 0.717) is 12.3 Å². The Morgan fingerprint density at radius 3 is 2.42 bits per heavy atom. The summed E-state index contributed by atoms with van der Waals surface area (Å²) in [5, 5.41) is 2.98. The number of amides is 2. The number of rotatable bonds is 3. The van der Waals surface area contributed by atoms with Crippen LogP contribution < -0.4 is 10.1 Å². The van der Waals surface area contributed by atoms with E-state index in [2.05, 4.69) is 17.4 Å². The van der Waals surface area contributed by atoms with Gasteiger partial charge < -0.3 is 15.0 Å². The third-order valence-electron chi connectivity index (χ3n) is 4.48. The molecular formula is C22H20N2O2. The predicted molar refractivity (Wildman–Crippen MR) is 103 cm³/mol. The van der Waals surface area contributed by atoms with E-state index in [4.69, 9.17) is 4.74 Å². The Balaban J connectivity index is 1.43. The normalized spacial score (nSPS) is 13.0. The molecule has 1 aliphatic heterocycles. The van der Waals surface area contributed by atoms with Gasteiger partial charge in [-0.15, -0.1) is 0 Å². The average molecular weight is 344 g/mol. The molecule has 4 heteroatoms. The van der Waals surface area contributed by atoms with Crippen molar-refractivity contribution in [2.45, 2.75) is 13.0 Å². The molecule has 0 radical (unpaired) electrons. The highest BCUT2D eigenvalue weighted by molar-refractivity contribution is 5.89. The van der Waals surface area contributed by atoms with E-state index in [-0.39, 0.29) is 6.03 Å². The Morgan fingerprint density at radius 2 is 1.58 bits per heavy atom. The van der Waals surface area contributed by atoms with Crippen LogP contribution in [0.2, 0.25) is 0 Å². The summed E-state index contributed by atoms with van der Waals surface area (Å²) >= 11 is 0. The summed E-state index contributed by atoms with van der Waals surface area (Å²) in [6.07, 6.45) is 0.890. The fourth-order valence-electron chi connectivity index (χ4n) is 3.13. The van der Waals surface area contributed by atoms with Gasteiger partial charge in [-0.05, 0) is 41.8 Å². The molecule has 4 rings (SSSR count). The second-order valence-electron chi connectivity index (χ2n) is 6.31. The van der Waals surface area contributed by atoms with E-state index in [1.54, 1.807) is 0 Å². The number of ether oxygens (including phenoxy) is 1. The van der Waals surface area contributed by atoms with Gasteiger partial charge in [-0.3, -0.25) is 0 Å². The van der Waals surface area contributed by atoms with Crippen molar-refractivity contribution in [3.8, 4) is 11.5 Å². The van der Waals surface area contributed by atoms with Crippen LogP contribution in [0.4, 0.5) is 10.5 Å². The number of carbonyl (C=O) groups excluding carboxylic acids is 1. The molecule has 4 nitrogen and oxygen atoms in total. The number of nitrogens with zero attached hydrogens (tertiary/aromatic N) is 1. The van der Waals surface area contributed by atoms with Gasteiger partial charge in [0.15, 0.2) is 0 Å². The van der Waals surface area contributed by atoms with Gasteiger partial charge in [0, 0.05) is 24.8 Å². The van der Waals surface area contributed by atoms with Gasteiger partial charge in [-0.25, -0.2) is 4.79 Å². The molecule has 0 unspecified atom stereocenters. The van der Waals surface area contributed by atoms with Crippen LogP contribution in [0.5, 0.6) is 11.5 Å². The minimum atomic E-state index is -0.0867. The number of anilines is 1. The van der Waals surface area contributed by atoms with E-state index in [0.717, 1.165) is 24.4 Å². The molecule has 0 bridgehead atoms. The lowest BCUT2D eigenvalue weighted by Crippen LogP contribution is -2.38. The molecule has 0 spiro atoms. The first-order chi connectivity index (χ1) is 12.8. The third kappa shape index (κ3) is 3.70. The van der Waals surface area contributed by atoms with Crippen LogP contribution in [0.3, 0.4) is 0 Å². The number of fused-ring (bicyclic) bond motifs is 1. The van der Waals surface area contributed by atoms with Gasteiger partial charge >= 0.3 is 6.03 Å². The van der Waals surface area contributed by atoms with E-state index in [1.807, 2.05) is 71.6 Å². The predicted octanol–water partition coefficient (Wildman–Crippen LogP) is 5.07. The van der Waals surface area contributed by atoms with Crippen LogP contribution in [0.1, 0.15) is 11.1 Å². The lowest BCUT2D eigenvalue weighted by atomic mass is 10.0. The molecule has 1 heterocycles. The molecule has 0 fully saturated rings. The third-order valence-corrected chi connectivity index (χ3v) is 4.48. The van der Waals surface area contributed by atoms with Crippen LogP contribution in [0.15, 0.2) is 78.9 Å². The number of hydrogen-bond acceptors (Lipinski definition) is 2. The molecule has 3 aromatic carbocycles. The smallest absolute Gasteiger partial charge is 0.322 e. The first-order valence-corrected chi connectivity index (χ1v) is 8.73. The standard InChI is InChI=1S/C22H20N2O2/c25-22(24-14-13-17-7-4-5-8-18(17)16-24)23-19-9-6-12-21(15-19)26-20-10-2-1-3-11-20/h1-12,15H,13-14,16H2,(H,23,25). The van der Waals surface area contributed by atoms with Crippen molar-refractivity contribution in [2.24, 2.45) is 0 Å². The minimum absolute atomic E-state index is 0.0867. The van der Waals surface area contributed by atoms with Gasteiger partial charge in [-0.1, -0.05) is 48.5 Å². The fraction of sp³-hybridized carbons (Fsp3) is 0.136. The molecule has 0 saturated heterocycles. The van der Waals surface area contributed by atoms with Gasteiger partial charge in [0.1, 0.15) is 11.5 Å². The van der Waals surface area contributed by atoms with Crippen molar-refractivity contribution in [1.29, 1.82) is 0 Å². The molecule has 1 aliphatic rings. The van der Waals surface area contributed by atoms with Crippen LogP contribution >= 0.6 is 0 Å². The second kappa shape index (κ2) is 7.31. The molecule has 26 heavy (non-hydrogen) atoms. The first-order valence-electron chi connectivity index (χ1n) is 8.73. The highest BCUT2D eigenvalue weighted by atomic mass is 16.5. The molecule has 3 aromatic rings. The van der Waals surface area contributed by atoms with Crippen molar-refractivity contribution in [3.05, 3.63) is 90.0 Å². The SMILES string of the molecule is O=C(Nc1cccc(Oc2ccccc2)c1)N1CCc2ccccc2C1. The summed E-state index contributed by atoms with van der Waals surface area (Å²) in [5.41, 5.74) is 3.27. The number of nitrogens with one attached hydrogen (secondary N) is 1. The van der Waals surface area contributed by atoms with Gasteiger partial charge in [0.05, 0.1) is 0 Å². The maximum Gasteiger partial charge on any atom is 0.322 e. The molecule has 0 aromatic heterocycles. The quantitative estimate of drug-likeness (QED) is 0.721. The molecule has 130 valence electrons. The van der Waals surface area contributed by atoms with Crippen molar-refractivity contribution in [1.82, 2.24) is 4.90 Å². The zero-order valence-corrected chi connectivity index (χ0v) is 14.4. The molecular weight excluding hydrogens is 324 g/mol. The summed E-state index contributed by atoms with van der Waals surface area (Å²) in [4.78, 5) is 14.5. The monoisotopic (exact) mass is 344 g/mol. The highest BCUT2D eigenvalue weighted by Crippen LogP contribution is 2.25. The average Bonchev–Trinajstić information content (AvgIpc) is 2.68. The Kier molecular flexibility index (Phi) is 4.56. The maximum absolute atomic E-state index is 12.6. The van der Waals surface area contributed by atoms with Crippen molar-refractivity contribution >= 4 is 11.7 Å². The number of para-hydroxylation sites is 1. The van der Waals surface area contributed by atoms with E-state index in [9.17, 15) is 4.79 Å². The van der Waals surface area contributed by atoms with E-state index in [1.165, 1.54) is 11.1 Å². The first kappa shape index (κ1) is 16.2. The van der Waals surface area contributed by atoms with Gasteiger partial charge in [0.25, 0.3) is 0 Å². The summed E-state index contributed by atoms with van der Waals surface area (Å²) in [6.45, 7) is 1.37. The zero-order chi connectivity index (χ0) is 17.8. The Labute approximate surface area is 153 Å². The van der Waals surface area contributed by atoms with Crippen molar-refractivity contribution < 1.29 is 9.53 Å². The minimum Gasteiger partial charge on any atom is -0.457 e. The molecule has 2 amide bonds. The topological polar surface area (TPSA) is 41.6 Å². The second-order valence-corrected chi connectivity index (χ2v) is 6.31. The largest absolute Gasteiger partial charge is 0.457 e. The summed E-state index contributed by atoms with van der Waals surface area (Å²) in [7, 11) is 0. The summed E-state index contributed by atoms with van der Waals surface area (Å²) in [6, 6.07) is 25.2. The molecule has 0 aliphatic carbocycles. The Morgan fingerprint density at radius 1 is 0.846 bits per heavy atom. The number of benzene rings is 3. The van der Waals surface area contributed by atoms with Crippen LogP contribution in [-0.4, -0.2) is 17.5 Å². The lowest BCUT2D eigenvalue weighted by molar-refractivity contribution is 0.206. The zero-order valence-electron chi connectivity index (χ0n) is 14.4. The van der Waals surface area contributed by atoms with Gasteiger partial charge in [0.2, 0.25) is 0 Å². The lowest BCUT2D eigenvalue weighted by Gasteiger charge is -2.29. The van der Waals surface area contributed by atoms with Crippen molar-refractivity contribution in [3.63, 3.8) is 0 Å². The number of urea groups is 1. The molecule has 1 N–H and O–H groups in total. The Bertz CT molecular complexity index is 909. The number of carbonyl (C=O) groups is 1. The molecule has 0 atom stereocenters. The van der Waals surface area contributed by atoms with Crippen LogP contribution in [-0.2, 0) is 13.0 Å². The van der Waals surface area contributed by atoms with Crippen LogP contribution in [0, 0.1) is 0 Å². The van der Waals surface area contributed by atoms with Crippen LogP contribution in [0.25, 0.3) is 0 Å². The molecule has 0 saturated carbocycles. The van der Waals surface area contributed by atoms with E-state index >= 15 is 0 Å².